The first-order chi connectivity index (χ1) is 9.22. The summed E-state index contributed by atoms with van der Waals surface area (Å²) >= 11 is 0. The second-order valence-electron chi connectivity index (χ2n) is 5.24. The van der Waals surface area contributed by atoms with Gasteiger partial charge in [0.2, 0.25) is 0 Å². The zero-order valence-electron chi connectivity index (χ0n) is 11.2. The molecule has 0 bridgehead atoms. The topological polar surface area (TPSA) is 35.2 Å². The van der Waals surface area contributed by atoms with Crippen LogP contribution in [-0.2, 0) is 12.8 Å². The Labute approximate surface area is 114 Å². The van der Waals surface area contributed by atoms with Gasteiger partial charge in [-0.25, -0.2) is 0 Å². The van der Waals surface area contributed by atoms with Crippen LogP contribution in [0.4, 0.5) is 0 Å². The zero-order chi connectivity index (χ0) is 13.2. The number of fused-ring (bicyclic) bond motifs is 1. The molecule has 0 unspecified atom stereocenters. The highest BCUT2D eigenvalue weighted by Gasteiger charge is 2.11. The number of benzene rings is 2. The van der Waals surface area contributed by atoms with Gasteiger partial charge in [0, 0.05) is 6.04 Å². The van der Waals surface area contributed by atoms with E-state index in [4.69, 9.17) is 10.5 Å². The van der Waals surface area contributed by atoms with Crippen LogP contribution in [0.1, 0.15) is 36.1 Å². The molecule has 1 aliphatic rings. The number of nitrogens with two attached hydrogens (primary N) is 1. The molecule has 0 fully saturated rings. The third kappa shape index (κ3) is 2.64. The fourth-order valence-electron chi connectivity index (χ4n) is 2.59. The first-order valence-electron chi connectivity index (χ1n) is 6.87. The van der Waals surface area contributed by atoms with Gasteiger partial charge in [-0.15, -0.1) is 0 Å². The Hall–Kier alpha value is -1.80. The molecular weight excluding hydrogens is 234 g/mol. The molecule has 19 heavy (non-hydrogen) atoms. The molecule has 0 saturated heterocycles. The predicted octanol–water partition coefficient (Wildman–Crippen LogP) is 3.99. The van der Waals surface area contributed by atoms with Crippen molar-refractivity contribution >= 4 is 0 Å². The van der Waals surface area contributed by atoms with Gasteiger partial charge < -0.3 is 10.5 Å². The Bertz CT molecular complexity index is 572. The molecule has 2 aromatic carbocycles. The van der Waals surface area contributed by atoms with Crippen LogP contribution in [0.2, 0.25) is 0 Å². The molecule has 0 heterocycles. The number of aryl methyl sites for hydroxylation is 2. The molecule has 0 saturated carbocycles. The fourth-order valence-corrected chi connectivity index (χ4v) is 2.59. The van der Waals surface area contributed by atoms with Crippen LogP contribution in [0.15, 0.2) is 42.5 Å². The molecule has 0 spiro atoms. The number of ether oxygens (including phenoxy) is 1. The smallest absolute Gasteiger partial charge is 0.127 e. The molecular formula is C17H19NO. The highest BCUT2D eigenvalue weighted by atomic mass is 16.5. The summed E-state index contributed by atoms with van der Waals surface area (Å²) in [5.74, 6) is 1.79. The van der Waals surface area contributed by atoms with E-state index >= 15 is 0 Å². The minimum Gasteiger partial charge on any atom is -0.457 e. The van der Waals surface area contributed by atoms with E-state index in [0.717, 1.165) is 17.1 Å². The Morgan fingerprint density at radius 1 is 0.947 bits per heavy atom. The maximum atomic E-state index is 5.90. The van der Waals surface area contributed by atoms with Crippen LogP contribution in [0.3, 0.4) is 0 Å². The Morgan fingerprint density at radius 2 is 1.63 bits per heavy atom. The highest BCUT2D eigenvalue weighted by Crippen LogP contribution is 2.29. The fraction of sp³-hybridized carbons (Fsp3) is 0.294. The molecule has 0 aliphatic heterocycles. The third-order valence-electron chi connectivity index (χ3n) is 3.71. The van der Waals surface area contributed by atoms with Gasteiger partial charge in [-0.2, -0.15) is 0 Å². The molecule has 0 amide bonds. The molecule has 2 heteroatoms. The molecule has 1 aliphatic carbocycles. The van der Waals surface area contributed by atoms with E-state index < -0.39 is 0 Å². The summed E-state index contributed by atoms with van der Waals surface area (Å²) in [6.07, 6.45) is 3.65. The summed E-state index contributed by atoms with van der Waals surface area (Å²) in [6.45, 7) is 1.98. The van der Waals surface area contributed by atoms with Crippen molar-refractivity contribution in [2.24, 2.45) is 5.73 Å². The van der Waals surface area contributed by atoms with Crippen molar-refractivity contribution in [3.05, 3.63) is 59.2 Å². The van der Waals surface area contributed by atoms with Crippen molar-refractivity contribution in [3.8, 4) is 11.5 Å². The molecule has 1 atom stereocenters. The summed E-state index contributed by atoms with van der Waals surface area (Å²) in [7, 11) is 0. The minimum absolute atomic E-state index is 0.0639. The van der Waals surface area contributed by atoms with Crippen LogP contribution < -0.4 is 10.5 Å². The largest absolute Gasteiger partial charge is 0.457 e. The van der Waals surface area contributed by atoms with Crippen molar-refractivity contribution in [1.29, 1.82) is 0 Å². The van der Waals surface area contributed by atoms with Crippen molar-refractivity contribution in [3.63, 3.8) is 0 Å². The van der Waals surface area contributed by atoms with Crippen LogP contribution in [0.25, 0.3) is 0 Å². The van der Waals surface area contributed by atoms with E-state index in [1.807, 2.05) is 31.2 Å². The maximum absolute atomic E-state index is 5.90. The van der Waals surface area contributed by atoms with E-state index in [-0.39, 0.29) is 6.04 Å². The van der Waals surface area contributed by atoms with Gasteiger partial charge in [0.05, 0.1) is 0 Å². The molecule has 0 aromatic heterocycles. The second-order valence-corrected chi connectivity index (χ2v) is 5.24. The van der Waals surface area contributed by atoms with Crippen molar-refractivity contribution in [2.45, 2.75) is 32.2 Å². The van der Waals surface area contributed by atoms with Crippen molar-refractivity contribution in [1.82, 2.24) is 0 Å². The average Bonchev–Trinajstić information content (AvgIpc) is 2.87. The van der Waals surface area contributed by atoms with Gasteiger partial charge in [0.1, 0.15) is 11.5 Å². The van der Waals surface area contributed by atoms with E-state index in [1.54, 1.807) is 0 Å². The average molecular weight is 253 g/mol. The predicted molar refractivity (Wildman–Crippen MR) is 77.6 cm³/mol. The van der Waals surface area contributed by atoms with Gasteiger partial charge in [-0.1, -0.05) is 18.2 Å². The Balaban J connectivity index is 1.77. The lowest BCUT2D eigenvalue weighted by atomic mass is 10.1. The lowest BCUT2D eigenvalue weighted by Gasteiger charge is -2.10. The highest BCUT2D eigenvalue weighted by molar-refractivity contribution is 5.41. The molecule has 3 rings (SSSR count). The normalized spacial score (nSPS) is 15.1. The zero-order valence-corrected chi connectivity index (χ0v) is 11.2. The van der Waals surface area contributed by atoms with E-state index in [2.05, 4.69) is 18.2 Å². The van der Waals surface area contributed by atoms with Gasteiger partial charge in [-0.3, -0.25) is 0 Å². The standard InChI is InChI=1S/C17H19NO/c1-12(18)13-5-8-16(9-6-13)19-17-10-7-14-3-2-4-15(14)11-17/h5-12H,2-4,18H2,1H3/t12-/m1/s1. The SMILES string of the molecule is C[C@@H](N)c1ccc(Oc2ccc3c(c2)CCC3)cc1. The quantitative estimate of drug-likeness (QED) is 0.897. The van der Waals surface area contributed by atoms with E-state index in [1.165, 1.54) is 30.4 Å². The van der Waals surface area contributed by atoms with Crippen LogP contribution >= 0.6 is 0 Å². The third-order valence-corrected chi connectivity index (χ3v) is 3.71. The summed E-state index contributed by atoms with van der Waals surface area (Å²) < 4.78 is 5.90. The number of rotatable bonds is 3. The number of hydrogen-bond donors (Lipinski definition) is 1. The van der Waals surface area contributed by atoms with Gasteiger partial charge >= 0.3 is 0 Å². The van der Waals surface area contributed by atoms with Gasteiger partial charge in [-0.05, 0) is 67.1 Å². The van der Waals surface area contributed by atoms with Crippen LogP contribution in [0, 0.1) is 0 Å². The molecule has 98 valence electrons. The first kappa shape index (κ1) is 12.2. The maximum Gasteiger partial charge on any atom is 0.127 e. The lowest BCUT2D eigenvalue weighted by Crippen LogP contribution is -2.04. The summed E-state index contributed by atoms with van der Waals surface area (Å²) in [6, 6.07) is 14.5. The van der Waals surface area contributed by atoms with Gasteiger partial charge in [0.15, 0.2) is 0 Å². The number of hydrogen-bond acceptors (Lipinski definition) is 2. The van der Waals surface area contributed by atoms with E-state index in [9.17, 15) is 0 Å². The Morgan fingerprint density at radius 3 is 2.37 bits per heavy atom. The summed E-state index contributed by atoms with van der Waals surface area (Å²) in [4.78, 5) is 0. The van der Waals surface area contributed by atoms with Crippen molar-refractivity contribution < 1.29 is 4.74 Å². The van der Waals surface area contributed by atoms with Crippen LogP contribution in [-0.4, -0.2) is 0 Å². The molecule has 2 nitrogen and oxygen atoms in total. The van der Waals surface area contributed by atoms with E-state index in [0.29, 0.717) is 0 Å². The second kappa shape index (κ2) is 5.06. The molecule has 2 N–H and O–H groups in total. The van der Waals surface area contributed by atoms with Crippen LogP contribution in [0.5, 0.6) is 11.5 Å². The summed E-state index contributed by atoms with van der Waals surface area (Å²) in [5.41, 5.74) is 9.87. The lowest BCUT2D eigenvalue weighted by molar-refractivity contribution is 0.481. The Kier molecular flexibility index (Phi) is 3.26. The minimum atomic E-state index is 0.0639. The molecule has 0 radical (unpaired) electrons. The van der Waals surface area contributed by atoms with Crippen molar-refractivity contribution in [2.75, 3.05) is 0 Å². The summed E-state index contributed by atoms with van der Waals surface area (Å²) in [5, 5.41) is 0. The first-order valence-corrected chi connectivity index (χ1v) is 6.87. The monoisotopic (exact) mass is 253 g/mol. The molecule has 2 aromatic rings. The van der Waals surface area contributed by atoms with Gasteiger partial charge in [0.25, 0.3) is 0 Å².